The van der Waals surface area contributed by atoms with Gasteiger partial charge in [0.1, 0.15) is 6.04 Å². The summed E-state index contributed by atoms with van der Waals surface area (Å²) in [6.07, 6.45) is 0. The fraction of sp³-hybridized carbons (Fsp3) is 0.300. The lowest BCUT2D eigenvalue weighted by molar-refractivity contribution is -0.138. The molecule has 0 fully saturated rings. The number of hydrogen-bond acceptors (Lipinski definition) is 4. The number of ether oxygens (including phenoxy) is 2. The Hall–Kier alpha value is -1.46. The highest BCUT2D eigenvalue weighted by Crippen LogP contribution is 2.37. The Bertz CT molecular complexity index is 408. The minimum atomic E-state index is -1.21. The van der Waals surface area contributed by atoms with Crippen LogP contribution in [0.4, 0.5) is 0 Å². The molecule has 1 rings (SSSR count). The smallest absolute Gasteiger partial charge is 0.325 e. The van der Waals surface area contributed by atoms with Gasteiger partial charge in [-0.1, -0.05) is 11.6 Å². The Morgan fingerprint density at radius 2 is 2.06 bits per heavy atom. The van der Waals surface area contributed by atoms with Crippen molar-refractivity contribution in [2.75, 3.05) is 14.2 Å². The van der Waals surface area contributed by atoms with Crippen LogP contribution in [0.3, 0.4) is 0 Å². The van der Waals surface area contributed by atoms with E-state index < -0.39 is 12.0 Å². The Morgan fingerprint density at radius 3 is 2.50 bits per heavy atom. The highest BCUT2D eigenvalue weighted by Gasteiger charge is 2.22. The summed E-state index contributed by atoms with van der Waals surface area (Å²) >= 11 is 5.82. The second kappa shape index (κ2) is 5.05. The number of carboxylic acids is 1. The van der Waals surface area contributed by atoms with E-state index >= 15 is 0 Å². The van der Waals surface area contributed by atoms with Crippen molar-refractivity contribution < 1.29 is 19.4 Å². The highest BCUT2D eigenvalue weighted by molar-refractivity contribution is 6.30. The van der Waals surface area contributed by atoms with Crippen LogP contribution in [0, 0.1) is 0 Å². The van der Waals surface area contributed by atoms with Crippen molar-refractivity contribution in [2.45, 2.75) is 6.04 Å². The molecule has 3 N–H and O–H groups in total. The van der Waals surface area contributed by atoms with E-state index in [9.17, 15) is 4.79 Å². The Kier molecular flexibility index (Phi) is 3.98. The van der Waals surface area contributed by atoms with Gasteiger partial charge < -0.3 is 20.3 Å². The molecule has 0 aromatic heterocycles. The second-order valence-electron chi connectivity index (χ2n) is 3.05. The first-order valence-corrected chi connectivity index (χ1v) is 4.78. The van der Waals surface area contributed by atoms with E-state index in [1.165, 1.54) is 26.4 Å². The van der Waals surface area contributed by atoms with E-state index in [2.05, 4.69) is 0 Å². The molecule has 0 heterocycles. The number of rotatable bonds is 4. The lowest BCUT2D eigenvalue weighted by Gasteiger charge is -2.15. The molecule has 88 valence electrons. The maximum atomic E-state index is 10.8. The zero-order valence-corrected chi connectivity index (χ0v) is 9.62. The third-order valence-electron chi connectivity index (χ3n) is 2.07. The second-order valence-corrected chi connectivity index (χ2v) is 3.48. The van der Waals surface area contributed by atoms with Crippen LogP contribution in [-0.4, -0.2) is 25.3 Å². The van der Waals surface area contributed by atoms with Crippen LogP contribution in [0.15, 0.2) is 12.1 Å². The lowest BCUT2D eigenvalue weighted by atomic mass is 10.1. The number of carboxylic acid groups (broad SMARTS) is 1. The van der Waals surface area contributed by atoms with Crippen LogP contribution in [0.2, 0.25) is 5.02 Å². The molecule has 0 bridgehead atoms. The van der Waals surface area contributed by atoms with Gasteiger partial charge in [-0.05, 0) is 6.07 Å². The van der Waals surface area contributed by atoms with E-state index in [4.69, 9.17) is 31.9 Å². The van der Waals surface area contributed by atoms with Gasteiger partial charge in [-0.2, -0.15) is 0 Å². The largest absolute Gasteiger partial charge is 0.493 e. The van der Waals surface area contributed by atoms with E-state index in [1.807, 2.05) is 0 Å². The Balaban J connectivity index is 3.35. The summed E-state index contributed by atoms with van der Waals surface area (Å²) in [6, 6.07) is 1.77. The summed E-state index contributed by atoms with van der Waals surface area (Å²) in [6.45, 7) is 0. The van der Waals surface area contributed by atoms with Crippen molar-refractivity contribution in [3.05, 3.63) is 22.7 Å². The zero-order chi connectivity index (χ0) is 12.3. The van der Waals surface area contributed by atoms with E-state index in [1.54, 1.807) is 0 Å². The van der Waals surface area contributed by atoms with Crippen molar-refractivity contribution in [3.8, 4) is 11.5 Å². The lowest BCUT2D eigenvalue weighted by Crippen LogP contribution is -2.21. The number of halogens is 1. The normalized spacial score (nSPS) is 12.0. The predicted molar refractivity (Wildman–Crippen MR) is 59.1 cm³/mol. The number of hydrogen-bond donors (Lipinski definition) is 2. The minimum absolute atomic E-state index is 0.277. The summed E-state index contributed by atoms with van der Waals surface area (Å²) in [5.41, 5.74) is 5.79. The molecule has 5 nitrogen and oxygen atoms in total. The zero-order valence-electron chi connectivity index (χ0n) is 8.86. The number of aliphatic carboxylic acids is 1. The van der Waals surface area contributed by atoms with Gasteiger partial charge in [0.05, 0.1) is 14.2 Å². The molecular formula is C10H12ClNO4. The van der Waals surface area contributed by atoms with Crippen LogP contribution in [0.25, 0.3) is 0 Å². The van der Waals surface area contributed by atoms with Gasteiger partial charge in [-0.25, -0.2) is 0 Å². The molecule has 0 unspecified atom stereocenters. The molecule has 16 heavy (non-hydrogen) atoms. The van der Waals surface area contributed by atoms with E-state index in [0.717, 1.165) is 0 Å². The molecule has 0 radical (unpaired) electrons. The first-order chi connectivity index (χ1) is 7.51. The molecule has 0 spiro atoms. The summed E-state index contributed by atoms with van der Waals surface area (Å²) < 4.78 is 10.1. The van der Waals surface area contributed by atoms with Crippen LogP contribution in [-0.2, 0) is 4.79 Å². The van der Waals surface area contributed by atoms with Crippen molar-refractivity contribution in [2.24, 2.45) is 5.73 Å². The first-order valence-electron chi connectivity index (χ1n) is 4.41. The van der Waals surface area contributed by atoms with Gasteiger partial charge in [0, 0.05) is 16.7 Å². The number of methoxy groups -OCH3 is 2. The summed E-state index contributed by atoms with van der Waals surface area (Å²) in [5, 5.41) is 9.18. The van der Waals surface area contributed by atoms with Gasteiger partial charge in [-0.3, -0.25) is 4.79 Å². The quantitative estimate of drug-likeness (QED) is 0.839. The summed E-state index contributed by atoms with van der Waals surface area (Å²) in [7, 11) is 2.84. The van der Waals surface area contributed by atoms with Gasteiger partial charge in [0.2, 0.25) is 0 Å². The van der Waals surface area contributed by atoms with Crippen LogP contribution in [0.1, 0.15) is 11.6 Å². The highest BCUT2D eigenvalue weighted by atomic mass is 35.5. The standard InChI is InChI=1S/C10H12ClNO4/c1-15-7-4-5(11)3-6(9(7)16-2)8(12)10(13)14/h3-4,8H,12H2,1-2H3,(H,13,14)/t8-/m0/s1. The maximum Gasteiger partial charge on any atom is 0.325 e. The SMILES string of the molecule is COc1cc(Cl)cc([C@H](N)C(=O)O)c1OC. The Labute approximate surface area is 97.7 Å². The van der Waals surface area contributed by atoms with E-state index in [0.29, 0.717) is 10.8 Å². The molecule has 1 aromatic rings. The fourth-order valence-electron chi connectivity index (χ4n) is 1.32. The molecule has 0 aliphatic carbocycles. The fourth-order valence-corrected chi connectivity index (χ4v) is 1.54. The van der Waals surface area contributed by atoms with E-state index in [-0.39, 0.29) is 11.3 Å². The third kappa shape index (κ3) is 2.37. The summed E-state index contributed by atoms with van der Waals surface area (Å²) in [4.78, 5) is 10.8. The molecule has 0 aliphatic heterocycles. The third-order valence-corrected chi connectivity index (χ3v) is 2.29. The molecule has 0 saturated carbocycles. The van der Waals surface area contributed by atoms with Crippen molar-refractivity contribution in [1.29, 1.82) is 0 Å². The number of carbonyl (C=O) groups is 1. The number of nitrogens with two attached hydrogens (primary N) is 1. The Morgan fingerprint density at radius 1 is 1.44 bits per heavy atom. The van der Waals surface area contributed by atoms with Crippen LogP contribution >= 0.6 is 11.6 Å². The van der Waals surface area contributed by atoms with Crippen LogP contribution < -0.4 is 15.2 Å². The maximum absolute atomic E-state index is 10.8. The first kappa shape index (κ1) is 12.6. The molecule has 1 aromatic carbocycles. The van der Waals surface area contributed by atoms with Gasteiger partial charge in [0.25, 0.3) is 0 Å². The average molecular weight is 246 g/mol. The monoisotopic (exact) mass is 245 g/mol. The predicted octanol–water partition coefficient (Wildman–Crippen LogP) is 1.44. The topological polar surface area (TPSA) is 81.8 Å². The summed E-state index contributed by atoms with van der Waals surface area (Å²) in [5.74, 6) is -0.536. The van der Waals surface area contributed by atoms with Gasteiger partial charge >= 0.3 is 5.97 Å². The van der Waals surface area contributed by atoms with Crippen LogP contribution in [0.5, 0.6) is 11.5 Å². The van der Waals surface area contributed by atoms with Crippen molar-refractivity contribution in [1.82, 2.24) is 0 Å². The van der Waals surface area contributed by atoms with Gasteiger partial charge in [0.15, 0.2) is 11.5 Å². The molecule has 0 saturated heterocycles. The number of benzene rings is 1. The minimum Gasteiger partial charge on any atom is -0.493 e. The molecule has 0 amide bonds. The molecule has 0 aliphatic rings. The molecule has 6 heteroatoms. The van der Waals surface area contributed by atoms with Gasteiger partial charge in [-0.15, -0.1) is 0 Å². The van der Waals surface area contributed by atoms with Crippen molar-refractivity contribution >= 4 is 17.6 Å². The van der Waals surface area contributed by atoms with Crippen molar-refractivity contribution in [3.63, 3.8) is 0 Å². The molecular weight excluding hydrogens is 234 g/mol. The average Bonchev–Trinajstić information content (AvgIpc) is 2.26. The molecule has 1 atom stereocenters.